The van der Waals surface area contributed by atoms with Crippen molar-refractivity contribution >= 4 is 13.7 Å². The van der Waals surface area contributed by atoms with Crippen molar-refractivity contribution < 1.29 is 32.9 Å². The van der Waals surface area contributed by atoms with Gasteiger partial charge in [-0.1, -0.05) is 147 Å². The molecule has 0 rings (SSSR count). The normalized spacial score (nSPS) is 14.8. The maximum absolute atomic E-state index is 12.7. The van der Waals surface area contributed by atoms with Gasteiger partial charge in [0.2, 0.25) is 5.91 Å². The first-order chi connectivity index (χ1) is 23.5. The molecule has 0 saturated heterocycles. The fraction of sp³-hybridized carbons (Fsp3) is 0.875. The second kappa shape index (κ2) is 32.9. The Morgan fingerprint density at radius 2 is 1.16 bits per heavy atom. The average molecular weight is 716 g/mol. The Morgan fingerprint density at radius 1 is 0.694 bits per heavy atom. The predicted molar refractivity (Wildman–Crippen MR) is 208 cm³/mol. The smallest absolute Gasteiger partial charge is 0.391 e. The number of unbranched alkanes of at least 4 members (excludes halogenated alkanes) is 19. The Hall–Kier alpha value is -1.02. The molecule has 0 saturated carbocycles. The van der Waals surface area contributed by atoms with Gasteiger partial charge < -0.3 is 19.8 Å². The van der Waals surface area contributed by atoms with Crippen LogP contribution in [0.2, 0.25) is 0 Å². The first kappa shape index (κ1) is 48.0. The number of phosphoric acid groups is 1. The van der Waals surface area contributed by atoms with Crippen LogP contribution < -0.4 is 5.32 Å². The standard InChI is InChI=1S/C40H79N2O6P/c1-6-8-10-12-13-14-15-16-17-18-19-20-21-22-23-24-25-26-27-28-29-30-32-34-40(44)41-38(39(43)33-31-11-9-7-2)37-48-49(45,46)47-36-35-42(3,4)5/h15-16,18-19,38-39,43H,6-14,17,20-37H2,1-5H3,(H-,41,44,45,46)/p+1/b16-15-,19-18-. The van der Waals surface area contributed by atoms with Crippen LogP contribution in [-0.4, -0.2) is 73.4 Å². The minimum Gasteiger partial charge on any atom is -0.391 e. The van der Waals surface area contributed by atoms with Crippen LogP contribution in [0.5, 0.6) is 0 Å². The summed E-state index contributed by atoms with van der Waals surface area (Å²) < 4.78 is 23.3. The molecule has 9 heteroatoms. The average Bonchev–Trinajstić information content (AvgIpc) is 3.04. The van der Waals surface area contributed by atoms with Crippen LogP contribution in [0.4, 0.5) is 0 Å². The highest BCUT2D eigenvalue weighted by atomic mass is 31.2. The van der Waals surface area contributed by atoms with Crippen LogP contribution in [0, 0.1) is 0 Å². The van der Waals surface area contributed by atoms with E-state index in [1.807, 2.05) is 21.1 Å². The number of carbonyl (C=O) groups excluding carboxylic acids is 1. The molecule has 0 spiro atoms. The summed E-state index contributed by atoms with van der Waals surface area (Å²) in [6.07, 6.45) is 36.9. The van der Waals surface area contributed by atoms with Crippen LogP contribution in [0.1, 0.15) is 174 Å². The molecule has 0 bridgehead atoms. The molecule has 0 heterocycles. The Labute approximate surface area is 303 Å². The molecule has 1 amide bonds. The zero-order chi connectivity index (χ0) is 36.5. The lowest BCUT2D eigenvalue weighted by atomic mass is 10.0. The maximum atomic E-state index is 12.7. The van der Waals surface area contributed by atoms with E-state index in [4.69, 9.17) is 9.05 Å². The second-order valence-corrected chi connectivity index (χ2v) is 16.5. The molecule has 0 aliphatic carbocycles. The number of aliphatic hydroxyl groups excluding tert-OH is 1. The number of likely N-dealkylation sites (N-methyl/N-ethyl adjacent to an activating group) is 1. The highest BCUT2D eigenvalue weighted by Crippen LogP contribution is 2.43. The number of allylic oxidation sites excluding steroid dienone is 4. The van der Waals surface area contributed by atoms with E-state index in [1.165, 1.54) is 96.3 Å². The minimum absolute atomic E-state index is 0.0733. The van der Waals surface area contributed by atoms with Gasteiger partial charge in [-0.2, -0.15) is 0 Å². The Kier molecular flexibility index (Phi) is 32.2. The maximum Gasteiger partial charge on any atom is 0.472 e. The van der Waals surface area contributed by atoms with Crippen molar-refractivity contribution in [1.29, 1.82) is 0 Å². The van der Waals surface area contributed by atoms with Gasteiger partial charge in [0, 0.05) is 6.42 Å². The van der Waals surface area contributed by atoms with E-state index in [1.54, 1.807) is 0 Å². The Bertz CT molecular complexity index is 860. The molecule has 0 aromatic carbocycles. The molecule has 0 aromatic heterocycles. The summed E-state index contributed by atoms with van der Waals surface area (Å²) in [5.74, 6) is -0.157. The molecule has 0 aliphatic rings. The van der Waals surface area contributed by atoms with Crippen molar-refractivity contribution in [2.45, 2.75) is 187 Å². The predicted octanol–water partition coefficient (Wildman–Crippen LogP) is 10.6. The van der Waals surface area contributed by atoms with E-state index in [0.717, 1.165) is 51.4 Å². The number of rotatable bonds is 36. The summed E-state index contributed by atoms with van der Waals surface area (Å²) >= 11 is 0. The van der Waals surface area contributed by atoms with E-state index in [2.05, 4.69) is 43.5 Å². The molecule has 0 fully saturated rings. The molecular weight excluding hydrogens is 635 g/mol. The SMILES string of the molecule is CCCCCCC/C=C\C/C=C\CCCCCCCCCCCCCC(=O)NC(COP(=O)(O)OCC[N+](C)(C)C)C(O)CCCCCC. The van der Waals surface area contributed by atoms with E-state index in [0.29, 0.717) is 23.9 Å². The van der Waals surface area contributed by atoms with Crippen molar-refractivity contribution in [3.63, 3.8) is 0 Å². The van der Waals surface area contributed by atoms with Gasteiger partial charge in [-0.25, -0.2) is 4.57 Å². The van der Waals surface area contributed by atoms with Crippen LogP contribution in [0.25, 0.3) is 0 Å². The highest BCUT2D eigenvalue weighted by molar-refractivity contribution is 7.47. The number of nitrogens with zero attached hydrogens (tertiary/aromatic N) is 1. The van der Waals surface area contributed by atoms with E-state index >= 15 is 0 Å². The number of nitrogens with one attached hydrogen (secondary N) is 1. The molecule has 3 N–H and O–H groups in total. The Morgan fingerprint density at radius 3 is 1.67 bits per heavy atom. The fourth-order valence-corrected chi connectivity index (χ4v) is 6.40. The van der Waals surface area contributed by atoms with E-state index in [-0.39, 0.29) is 19.1 Å². The monoisotopic (exact) mass is 716 g/mol. The van der Waals surface area contributed by atoms with Crippen molar-refractivity contribution in [1.82, 2.24) is 5.32 Å². The number of phosphoric ester groups is 1. The lowest BCUT2D eigenvalue weighted by Gasteiger charge is -2.26. The molecule has 290 valence electrons. The van der Waals surface area contributed by atoms with Gasteiger partial charge in [0.05, 0.1) is 39.9 Å². The number of quaternary nitrogens is 1. The lowest BCUT2D eigenvalue weighted by molar-refractivity contribution is -0.870. The van der Waals surface area contributed by atoms with Gasteiger partial charge in [-0.3, -0.25) is 13.8 Å². The number of hydrogen-bond acceptors (Lipinski definition) is 5. The van der Waals surface area contributed by atoms with Gasteiger partial charge in [-0.15, -0.1) is 0 Å². The van der Waals surface area contributed by atoms with Crippen LogP contribution in [0.3, 0.4) is 0 Å². The van der Waals surface area contributed by atoms with E-state index < -0.39 is 20.0 Å². The lowest BCUT2D eigenvalue weighted by Crippen LogP contribution is -2.46. The summed E-state index contributed by atoms with van der Waals surface area (Å²) in [6.45, 7) is 4.74. The van der Waals surface area contributed by atoms with Gasteiger partial charge in [0.25, 0.3) is 0 Å². The van der Waals surface area contributed by atoms with Gasteiger partial charge >= 0.3 is 7.82 Å². The van der Waals surface area contributed by atoms with Gasteiger partial charge in [0.15, 0.2) is 0 Å². The number of hydrogen-bond donors (Lipinski definition) is 3. The number of carbonyl (C=O) groups is 1. The van der Waals surface area contributed by atoms with Crippen LogP contribution in [0.15, 0.2) is 24.3 Å². The molecule has 0 aliphatic heterocycles. The highest BCUT2D eigenvalue weighted by Gasteiger charge is 2.28. The van der Waals surface area contributed by atoms with Crippen LogP contribution in [-0.2, 0) is 18.4 Å². The summed E-state index contributed by atoms with van der Waals surface area (Å²) in [5, 5.41) is 13.6. The topological polar surface area (TPSA) is 105 Å². The largest absolute Gasteiger partial charge is 0.472 e. The van der Waals surface area contributed by atoms with E-state index in [9.17, 15) is 19.4 Å². The zero-order valence-electron chi connectivity index (χ0n) is 32.7. The zero-order valence-corrected chi connectivity index (χ0v) is 33.6. The minimum atomic E-state index is -4.29. The number of aliphatic hydroxyl groups is 1. The van der Waals surface area contributed by atoms with Crippen molar-refractivity contribution in [2.75, 3.05) is 40.9 Å². The quantitative estimate of drug-likeness (QED) is 0.0258. The summed E-state index contributed by atoms with van der Waals surface area (Å²) in [7, 11) is 1.61. The molecule has 3 atom stereocenters. The molecule has 3 unspecified atom stereocenters. The molecule has 49 heavy (non-hydrogen) atoms. The van der Waals surface area contributed by atoms with Gasteiger partial charge in [0.1, 0.15) is 13.2 Å². The van der Waals surface area contributed by atoms with Crippen molar-refractivity contribution in [3.8, 4) is 0 Å². The number of amides is 1. The van der Waals surface area contributed by atoms with Crippen molar-refractivity contribution in [3.05, 3.63) is 24.3 Å². The summed E-state index contributed by atoms with van der Waals surface area (Å²) in [6, 6.07) is -0.755. The fourth-order valence-electron chi connectivity index (χ4n) is 5.66. The molecular formula is C40H80N2O6P+. The molecule has 0 aromatic rings. The first-order valence-corrected chi connectivity index (χ1v) is 21.7. The summed E-state index contributed by atoms with van der Waals surface area (Å²) in [4.78, 5) is 22.8. The van der Waals surface area contributed by atoms with Gasteiger partial charge in [-0.05, 0) is 44.9 Å². The molecule has 0 radical (unpaired) electrons. The molecule has 8 nitrogen and oxygen atoms in total. The second-order valence-electron chi connectivity index (χ2n) is 15.0. The van der Waals surface area contributed by atoms with Crippen LogP contribution >= 0.6 is 7.82 Å². The summed E-state index contributed by atoms with van der Waals surface area (Å²) in [5.41, 5.74) is 0. The third kappa shape index (κ3) is 35.2. The first-order valence-electron chi connectivity index (χ1n) is 20.2. The third-order valence-electron chi connectivity index (χ3n) is 8.95. The van der Waals surface area contributed by atoms with Crippen molar-refractivity contribution in [2.24, 2.45) is 0 Å². The Balaban J connectivity index is 4.01. The third-order valence-corrected chi connectivity index (χ3v) is 9.94.